The Morgan fingerprint density at radius 2 is 1.93 bits per heavy atom. The van der Waals surface area contributed by atoms with Crippen molar-refractivity contribution in [2.24, 2.45) is 5.92 Å². The summed E-state index contributed by atoms with van der Waals surface area (Å²) in [5.41, 5.74) is 2.65. The Morgan fingerprint density at radius 3 is 2.62 bits per heavy atom. The van der Waals surface area contributed by atoms with Gasteiger partial charge in [0.15, 0.2) is 0 Å². The molecule has 2 atom stereocenters. The molecule has 0 saturated carbocycles. The maximum absolute atomic E-state index is 12.4. The van der Waals surface area contributed by atoms with Crippen LogP contribution in [0.3, 0.4) is 0 Å². The third-order valence-electron chi connectivity index (χ3n) is 4.24. The van der Waals surface area contributed by atoms with E-state index in [0.29, 0.717) is 24.1 Å². The normalized spacial score (nSPS) is 12.9. The maximum atomic E-state index is 12.4. The van der Waals surface area contributed by atoms with Gasteiger partial charge in [0.1, 0.15) is 11.9 Å². The van der Waals surface area contributed by atoms with E-state index in [-0.39, 0.29) is 11.7 Å². The van der Waals surface area contributed by atoms with Crippen molar-refractivity contribution in [3.05, 3.63) is 69.8 Å². The Kier molecular flexibility index (Phi) is 8.94. The van der Waals surface area contributed by atoms with Gasteiger partial charge in [0.2, 0.25) is 0 Å². The summed E-state index contributed by atoms with van der Waals surface area (Å²) in [6.45, 7) is 1.90. The van der Waals surface area contributed by atoms with Crippen molar-refractivity contribution in [1.29, 1.82) is 0 Å². The number of anilines is 1. The Bertz CT molecular complexity index is 857. The molecule has 0 radical (unpaired) electrons. The molecule has 0 aromatic heterocycles. The first kappa shape index (κ1) is 22.7. The van der Waals surface area contributed by atoms with Crippen molar-refractivity contribution in [2.75, 3.05) is 5.32 Å². The van der Waals surface area contributed by atoms with Crippen LogP contribution in [0, 0.1) is 9.49 Å². The van der Waals surface area contributed by atoms with Crippen LogP contribution in [0.2, 0.25) is 0 Å². The summed E-state index contributed by atoms with van der Waals surface area (Å²) in [6.07, 6.45) is 2.66. The lowest BCUT2D eigenvalue weighted by molar-refractivity contribution is -0.124. The minimum Gasteiger partial charge on any atom is -0.508 e. The largest absolute Gasteiger partial charge is 0.508 e. The number of amides is 2. The fraction of sp³-hybridized carbons (Fsp3) is 0.238. The first-order valence-electron chi connectivity index (χ1n) is 9.02. The van der Waals surface area contributed by atoms with Gasteiger partial charge in [-0.05, 0) is 71.7 Å². The standard InChI is InChI=1S/C21H23IN2O5/c1-14(7-5-6-10-19(26)24-28)20(17-13-15(22)11-12-18(17)25)29-21(27)23-16-8-3-2-4-9-16/h2-4,6,8-14,20,25,28H,5,7H2,1H3,(H,23,27)(H,24,26)/b10-6+/t14-,20-/m0/s1. The predicted molar refractivity (Wildman–Crippen MR) is 118 cm³/mol. The Hall–Kier alpha value is -2.59. The van der Waals surface area contributed by atoms with Crippen molar-refractivity contribution in [3.8, 4) is 5.75 Å². The lowest BCUT2D eigenvalue weighted by atomic mass is 9.92. The number of carbonyl (C=O) groups excluding carboxylic acids is 2. The Morgan fingerprint density at radius 1 is 1.21 bits per heavy atom. The predicted octanol–water partition coefficient (Wildman–Crippen LogP) is 4.76. The average molecular weight is 510 g/mol. The van der Waals surface area contributed by atoms with Gasteiger partial charge in [-0.25, -0.2) is 10.3 Å². The van der Waals surface area contributed by atoms with Crippen LogP contribution < -0.4 is 10.8 Å². The minimum absolute atomic E-state index is 0.0463. The van der Waals surface area contributed by atoms with Crippen molar-refractivity contribution in [2.45, 2.75) is 25.9 Å². The summed E-state index contributed by atoms with van der Waals surface area (Å²) < 4.78 is 6.58. The highest BCUT2D eigenvalue weighted by Crippen LogP contribution is 2.36. The summed E-state index contributed by atoms with van der Waals surface area (Å²) >= 11 is 2.13. The molecule has 0 aliphatic rings. The molecule has 0 bridgehead atoms. The zero-order chi connectivity index (χ0) is 21.2. The van der Waals surface area contributed by atoms with Crippen LogP contribution in [0.5, 0.6) is 5.75 Å². The van der Waals surface area contributed by atoms with Gasteiger partial charge in [-0.2, -0.15) is 0 Å². The molecule has 29 heavy (non-hydrogen) atoms. The topological polar surface area (TPSA) is 108 Å². The number of hydroxylamine groups is 1. The number of ether oxygens (including phenoxy) is 1. The van der Waals surface area contributed by atoms with Gasteiger partial charge in [-0.3, -0.25) is 15.3 Å². The van der Waals surface area contributed by atoms with Crippen molar-refractivity contribution in [3.63, 3.8) is 0 Å². The van der Waals surface area contributed by atoms with Crippen LogP contribution in [0.25, 0.3) is 0 Å². The number of aromatic hydroxyl groups is 1. The quantitative estimate of drug-likeness (QED) is 0.177. The molecular weight excluding hydrogens is 487 g/mol. The summed E-state index contributed by atoms with van der Waals surface area (Å²) in [7, 11) is 0. The molecule has 0 fully saturated rings. The zero-order valence-corrected chi connectivity index (χ0v) is 18.0. The van der Waals surface area contributed by atoms with Gasteiger partial charge < -0.3 is 9.84 Å². The number of allylic oxidation sites excluding steroid dienone is 1. The molecular formula is C21H23IN2O5. The number of nitrogens with one attached hydrogen (secondary N) is 2. The highest BCUT2D eigenvalue weighted by Gasteiger charge is 2.26. The molecule has 4 N–H and O–H groups in total. The second-order valence-corrected chi connectivity index (χ2v) is 7.70. The number of hydrogen-bond acceptors (Lipinski definition) is 5. The molecule has 8 heteroatoms. The van der Waals surface area contributed by atoms with E-state index in [9.17, 15) is 14.7 Å². The van der Waals surface area contributed by atoms with E-state index >= 15 is 0 Å². The molecule has 0 heterocycles. The first-order valence-corrected chi connectivity index (χ1v) is 10.1. The van der Waals surface area contributed by atoms with E-state index in [4.69, 9.17) is 9.94 Å². The van der Waals surface area contributed by atoms with Crippen LogP contribution in [-0.2, 0) is 9.53 Å². The molecule has 0 spiro atoms. The summed E-state index contributed by atoms with van der Waals surface area (Å²) in [4.78, 5) is 23.5. The van der Waals surface area contributed by atoms with Gasteiger partial charge in [0.05, 0.1) is 0 Å². The number of phenols is 1. The van der Waals surface area contributed by atoms with Gasteiger partial charge in [0, 0.05) is 20.9 Å². The zero-order valence-electron chi connectivity index (χ0n) is 15.8. The monoisotopic (exact) mass is 510 g/mol. The van der Waals surface area contributed by atoms with Gasteiger partial charge >= 0.3 is 6.09 Å². The smallest absolute Gasteiger partial charge is 0.412 e. The Balaban J connectivity index is 2.14. The molecule has 7 nitrogen and oxygen atoms in total. The lowest BCUT2D eigenvalue weighted by Gasteiger charge is -2.25. The second kappa shape index (κ2) is 11.4. The number of hydrogen-bond donors (Lipinski definition) is 4. The fourth-order valence-electron chi connectivity index (χ4n) is 2.76. The highest BCUT2D eigenvalue weighted by atomic mass is 127. The SMILES string of the molecule is C[C@@H](CC/C=C/C(=O)NO)[C@H](OC(=O)Nc1ccccc1)c1cc(I)ccc1O. The molecule has 2 aromatic rings. The summed E-state index contributed by atoms with van der Waals surface area (Å²) in [6, 6.07) is 14.1. The second-order valence-electron chi connectivity index (χ2n) is 6.45. The molecule has 0 saturated heterocycles. The molecule has 2 rings (SSSR count). The number of para-hydroxylation sites is 1. The van der Waals surface area contributed by atoms with Crippen LogP contribution in [0.15, 0.2) is 60.7 Å². The third kappa shape index (κ3) is 7.39. The minimum atomic E-state index is -0.687. The van der Waals surface area contributed by atoms with Crippen LogP contribution in [0.1, 0.15) is 31.4 Å². The van der Waals surface area contributed by atoms with Crippen LogP contribution >= 0.6 is 22.6 Å². The summed E-state index contributed by atoms with van der Waals surface area (Å²) in [5, 5.41) is 21.5. The lowest BCUT2D eigenvalue weighted by Crippen LogP contribution is -2.22. The maximum Gasteiger partial charge on any atom is 0.412 e. The van der Waals surface area contributed by atoms with E-state index in [1.165, 1.54) is 11.6 Å². The number of carbonyl (C=O) groups is 2. The fourth-order valence-corrected chi connectivity index (χ4v) is 3.28. The number of halogens is 1. The van der Waals surface area contributed by atoms with E-state index in [1.807, 2.05) is 13.0 Å². The van der Waals surface area contributed by atoms with E-state index < -0.39 is 18.1 Å². The highest BCUT2D eigenvalue weighted by molar-refractivity contribution is 14.1. The van der Waals surface area contributed by atoms with Gasteiger partial charge in [-0.15, -0.1) is 0 Å². The van der Waals surface area contributed by atoms with E-state index in [0.717, 1.165) is 3.57 Å². The van der Waals surface area contributed by atoms with E-state index in [1.54, 1.807) is 48.5 Å². The molecule has 0 unspecified atom stereocenters. The van der Waals surface area contributed by atoms with Gasteiger partial charge in [-0.1, -0.05) is 31.2 Å². The van der Waals surface area contributed by atoms with Crippen LogP contribution in [-0.4, -0.2) is 22.3 Å². The Labute approximate surface area is 182 Å². The molecule has 2 aromatic carbocycles. The molecule has 0 aliphatic carbocycles. The van der Waals surface area contributed by atoms with E-state index in [2.05, 4.69) is 27.9 Å². The molecule has 2 amide bonds. The molecule has 154 valence electrons. The molecule has 0 aliphatic heterocycles. The number of benzene rings is 2. The van der Waals surface area contributed by atoms with Crippen molar-refractivity contribution < 1.29 is 24.6 Å². The van der Waals surface area contributed by atoms with Gasteiger partial charge in [0.25, 0.3) is 5.91 Å². The van der Waals surface area contributed by atoms with Crippen molar-refractivity contribution in [1.82, 2.24) is 5.48 Å². The third-order valence-corrected chi connectivity index (χ3v) is 4.91. The first-order chi connectivity index (χ1) is 13.9. The number of phenolic OH excluding ortho intramolecular Hbond substituents is 1. The van der Waals surface area contributed by atoms with Crippen molar-refractivity contribution >= 4 is 40.3 Å². The summed E-state index contributed by atoms with van der Waals surface area (Å²) in [5.74, 6) is -0.713. The number of rotatable bonds is 8. The van der Waals surface area contributed by atoms with Crippen LogP contribution in [0.4, 0.5) is 10.5 Å². The average Bonchev–Trinajstić information content (AvgIpc) is 2.71.